The van der Waals surface area contributed by atoms with E-state index >= 15 is 0 Å². The molecule has 5 N–H and O–H groups in total. The van der Waals surface area contributed by atoms with Crippen molar-refractivity contribution in [3.05, 3.63) is 65.2 Å². The smallest absolute Gasteiger partial charge is 0.335 e. The van der Waals surface area contributed by atoms with Crippen LogP contribution in [-0.2, 0) is 0 Å². The van der Waals surface area contributed by atoms with Crippen LogP contribution in [0.3, 0.4) is 0 Å². The van der Waals surface area contributed by atoms with Crippen LogP contribution in [-0.4, -0.2) is 33.2 Å². The Labute approximate surface area is 158 Å². The van der Waals surface area contributed by atoms with Gasteiger partial charge in [0.1, 0.15) is 5.69 Å². The Morgan fingerprint density at radius 3 is 2.00 bits per heavy atom. The Kier molecular flexibility index (Phi) is 5.70. The van der Waals surface area contributed by atoms with Crippen LogP contribution in [0.25, 0.3) is 12.2 Å². The summed E-state index contributed by atoms with van der Waals surface area (Å²) in [6.45, 7) is 7.17. The Balaban J connectivity index is 2.55. The van der Waals surface area contributed by atoms with Gasteiger partial charge in [0.15, 0.2) is 5.75 Å². The maximum absolute atomic E-state index is 12.6. The molecule has 28 heavy (non-hydrogen) atoms. The summed E-state index contributed by atoms with van der Waals surface area (Å²) in [5.74, 6) is -4.19. The van der Waals surface area contributed by atoms with E-state index in [1.807, 2.05) is 0 Å². The Morgan fingerprint density at radius 2 is 1.57 bits per heavy atom. The third-order valence-corrected chi connectivity index (χ3v) is 3.81. The lowest BCUT2D eigenvalue weighted by Gasteiger charge is -2.13. The molecule has 0 radical (unpaired) electrons. The second kappa shape index (κ2) is 7.96. The molecule has 0 saturated carbocycles. The predicted molar refractivity (Wildman–Crippen MR) is 101 cm³/mol. The summed E-state index contributed by atoms with van der Waals surface area (Å²) in [6.07, 6.45) is 2.73. The number of aromatic carboxylic acids is 2. The molecule has 9 nitrogen and oxygen atoms in total. The van der Waals surface area contributed by atoms with E-state index in [4.69, 9.17) is 15.7 Å². The number of aromatic hydroxyl groups is 1. The molecule has 0 aliphatic heterocycles. The maximum Gasteiger partial charge on any atom is 0.335 e. The molecule has 0 heterocycles. The standard InChI is InChI=1S/C19H15N3O6/c1-3-9-8-14(16(23)15(22-20)13(9)4-2)17(24)21-12-6-10(18(25)26)5-11(7-12)19(27)28/h3-8,20,23H,1-2H2,(H,21,24)(H,25,26)(H,27,28). The molecule has 0 aromatic heterocycles. The molecule has 9 heteroatoms. The Hall–Kier alpha value is -4.27. The number of rotatable bonds is 7. The molecule has 0 spiro atoms. The van der Waals surface area contributed by atoms with Crippen LogP contribution in [0.2, 0.25) is 0 Å². The third-order valence-electron chi connectivity index (χ3n) is 3.81. The number of carboxylic acid groups (broad SMARTS) is 2. The lowest BCUT2D eigenvalue weighted by atomic mass is 9.99. The van der Waals surface area contributed by atoms with Crippen LogP contribution in [0.5, 0.6) is 5.75 Å². The van der Waals surface area contributed by atoms with Crippen LogP contribution in [0.15, 0.2) is 42.5 Å². The number of benzene rings is 2. The second-order valence-electron chi connectivity index (χ2n) is 5.51. The monoisotopic (exact) mass is 381 g/mol. The highest BCUT2D eigenvalue weighted by molar-refractivity contribution is 6.09. The van der Waals surface area contributed by atoms with Gasteiger partial charge in [-0.1, -0.05) is 25.3 Å². The van der Waals surface area contributed by atoms with Crippen molar-refractivity contribution in [2.45, 2.75) is 0 Å². The lowest BCUT2D eigenvalue weighted by molar-refractivity contribution is 0.0696. The summed E-state index contributed by atoms with van der Waals surface area (Å²) in [5, 5.41) is 34.1. The molecule has 142 valence electrons. The van der Waals surface area contributed by atoms with Crippen LogP contribution in [0.4, 0.5) is 11.4 Å². The average molecular weight is 381 g/mol. The zero-order valence-corrected chi connectivity index (χ0v) is 14.4. The van der Waals surface area contributed by atoms with E-state index in [-0.39, 0.29) is 28.1 Å². The minimum Gasteiger partial charge on any atom is -0.505 e. The van der Waals surface area contributed by atoms with Gasteiger partial charge in [-0.25, -0.2) is 15.1 Å². The number of nitrogens with one attached hydrogen (secondary N) is 2. The number of hydrogen-bond acceptors (Lipinski definition) is 6. The SMILES string of the molecule is C=Cc1cc(C(=O)Nc2cc(C(=O)O)cc(C(=O)O)c2)c(O)c(N=N)c1C=C. The molecule has 0 aliphatic carbocycles. The lowest BCUT2D eigenvalue weighted by Crippen LogP contribution is -2.14. The highest BCUT2D eigenvalue weighted by Crippen LogP contribution is 2.38. The number of phenolic OH excluding ortho intramolecular Hbond substituents is 1. The van der Waals surface area contributed by atoms with Gasteiger partial charge in [-0.3, -0.25) is 4.79 Å². The fraction of sp³-hybridized carbons (Fsp3) is 0. The summed E-state index contributed by atoms with van der Waals surface area (Å²) < 4.78 is 0. The van der Waals surface area contributed by atoms with Crippen LogP contribution in [0.1, 0.15) is 42.2 Å². The molecular formula is C19H15N3O6. The Bertz CT molecular complexity index is 1010. The van der Waals surface area contributed by atoms with Crippen molar-refractivity contribution >= 4 is 41.4 Å². The predicted octanol–water partition coefficient (Wildman–Crippen LogP) is 3.99. The minimum absolute atomic E-state index is 0.0981. The average Bonchev–Trinajstić information content (AvgIpc) is 2.66. The molecule has 2 rings (SSSR count). The quantitative estimate of drug-likeness (QED) is 0.456. The van der Waals surface area contributed by atoms with Crippen molar-refractivity contribution in [3.8, 4) is 5.75 Å². The molecule has 0 saturated heterocycles. The molecule has 0 atom stereocenters. The zero-order valence-electron chi connectivity index (χ0n) is 14.4. The van der Waals surface area contributed by atoms with Gasteiger partial charge in [0, 0.05) is 11.3 Å². The van der Waals surface area contributed by atoms with Gasteiger partial charge < -0.3 is 20.6 Å². The van der Waals surface area contributed by atoms with Crippen molar-refractivity contribution in [1.29, 1.82) is 5.53 Å². The number of nitrogens with zero attached hydrogens (tertiary/aromatic N) is 1. The number of carbonyl (C=O) groups is 3. The molecule has 0 aliphatic rings. The zero-order chi connectivity index (χ0) is 21.0. The van der Waals surface area contributed by atoms with Gasteiger partial charge in [-0.15, -0.1) is 0 Å². The first-order chi connectivity index (χ1) is 13.2. The summed E-state index contributed by atoms with van der Waals surface area (Å²) in [4.78, 5) is 35.0. The van der Waals surface area contributed by atoms with Crippen LogP contribution < -0.4 is 5.32 Å². The molecular weight excluding hydrogens is 366 g/mol. The summed E-state index contributed by atoms with van der Waals surface area (Å²) in [6, 6.07) is 4.39. The number of amides is 1. The topological polar surface area (TPSA) is 160 Å². The van der Waals surface area contributed by atoms with E-state index in [0.29, 0.717) is 11.1 Å². The molecule has 2 aromatic carbocycles. The summed E-state index contributed by atoms with van der Waals surface area (Å²) in [5.41, 5.74) is 6.69. The number of anilines is 1. The van der Waals surface area contributed by atoms with E-state index in [0.717, 1.165) is 18.2 Å². The fourth-order valence-electron chi connectivity index (χ4n) is 2.51. The highest BCUT2D eigenvalue weighted by atomic mass is 16.4. The highest BCUT2D eigenvalue weighted by Gasteiger charge is 2.21. The van der Waals surface area contributed by atoms with Crippen molar-refractivity contribution in [2.75, 3.05) is 5.32 Å². The van der Waals surface area contributed by atoms with Gasteiger partial charge in [-0.05, 0) is 29.8 Å². The van der Waals surface area contributed by atoms with Crippen LogP contribution in [0, 0.1) is 5.53 Å². The first-order valence-electron chi connectivity index (χ1n) is 7.68. The molecule has 0 unspecified atom stereocenters. The normalized spacial score (nSPS) is 10.0. The first-order valence-corrected chi connectivity index (χ1v) is 7.68. The number of carbonyl (C=O) groups excluding carboxylic acids is 1. The van der Waals surface area contributed by atoms with Gasteiger partial charge >= 0.3 is 11.9 Å². The van der Waals surface area contributed by atoms with E-state index in [9.17, 15) is 19.5 Å². The van der Waals surface area contributed by atoms with Crippen molar-refractivity contribution in [2.24, 2.45) is 5.11 Å². The van der Waals surface area contributed by atoms with Gasteiger partial charge in [0.2, 0.25) is 0 Å². The molecule has 0 bridgehead atoms. The van der Waals surface area contributed by atoms with E-state index < -0.39 is 23.6 Å². The number of phenols is 1. The minimum atomic E-state index is -1.37. The van der Waals surface area contributed by atoms with Gasteiger partial charge in [0.25, 0.3) is 5.91 Å². The van der Waals surface area contributed by atoms with Crippen molar-refractivity contribution < 1.29 is 29.7 Å². The van der Waals surface area contributed by atoms with Crippen molar-refractivity contribution in [1.82, 2.24) is 0 Å². The van der Waals surface area contributed by atoms with E-state index in [1.165, 1.54) is 18.2 Å². The maximum atomic E-state index is 12.6. The number of carboxylic acids is 2. The molecule has 2 aromatic rings. The summed E-state index contributed by atoms with van der Waals surface area (Å²) >= 11 is 0. The molecule has 1 amide bonds. The third kappa shape index (κ3) is 3.78. The van der Waals surface area contributed by atoms with Gasteiger partial charge in [-0.2, -0.15) is 5.11 Å². The fourth-order valence-corrected chi connectivity index (χ4v) is 2.51. The number of hydrogen-bond donors (Lipinski definition) is 5. The van der Waals surface area contributed by atoms with Crippen molar-refractivity contribution in [3.63, 3.8) is 0 Å². The largest absolute Gasteiger partial charge is 0.505 e. The van der Waals surface area contributed by atoms with Crippen LogP contribution >= 0.6 is 0 Å². The first kappa shape index (κ1) is 20.0. The van der Waals surface area contributed by atoms with E-state index in [2.05, 4.69) is 23.6 Å². The second-order valence-corrected chi connectivity index (χ2v) is 5.51. The summed E-state index contributed by atoms with van der Waals surface area (Å²) in [7, 11) is 0. The Morgan fingerprint density at radius 1 is 1.00 bits per heavy atom. The van der Waals surface area contributed by atoms with E-state index in [1.54, 1.807) is 0 Å². The molecule has 0 fully saturated rings. The van der Waals surface area contributed by atoms with Gasteiger partial charge in [0.05, 0.1) is 16.7 Å².